The lowest BCUT2D eigenvalue weighted by Gasteiger charge is -2.16. The highest BCUT2D eigenvalue weighted by Crippen LogP contribution is 2.19. The van der Waals surface area contributed by atoms with Gasteiger partial charge in [-0.25, -0.2) is 18.1 Å². The van der Waals surface area contributed by atoms with Crippen LogP contribution in [0.25, 0.3) is 0 Å². The fourth-order valence-electron chi connectivity index (χ4n) is 1.73. The average molecular weight is 295 g/mol. The molecule has 0 saturated heterocycles. The van der Waals surface area contributed by atoms with Crippen LogP contribution in [0.15, 0.2) is 47.9 Å². The van der Waals surface area contributed by atoms with Crippen LogP contribution in [0.1, 0.15) is 18.0 Å². The number of aromatic amines is 1. The largest absolute Gasteiger partial charge is 0.481 e. The SMILES string of the molecule is O=C(O)CC(NS(=O)(=O)c1cnc[nH]1)c1ccccc1. The molecule has 0 aliphatic heterocycles. The third kappa shape index (κ3) is 3.43. The van der Waals surface area contributed by atoms with E-state index < -0.39 is 22.0 Å². The van der Waals surface area contributed by atoms with Gasteiger partial charge in [-0.15, -0.1) is 0 Å². The van der Waals surface area contributed by atoms with E-state index in [2.05, 4.69) is 14.7 Å². The molecule has 1 unspecified atom stereocenters. The van der Waals surface area contributed by atoms with Crippen molar-refractivity contribution in [3.05, 3.63) is 48.4 Å². The minimum atomic E-state index is -3.84. The van der Waals surface area contributed by atoms with Crippen LogP contribution in [0, 0.1) is 0 Å². The molecule has 2 aromatic rings. The number of sulfonamides is 1. The number of aromatic nitrogens is 2. The van der Waals surface area contributed by atoms with Gasteiger partial charge in [0.05, 0.1) is 25.0 Å². The fourth-order valence-corrected chi connectivity index (χ4v) is 2.86. The summed E-state index contributed by atoms with van der Waals surface area (Å²) in [5.74, 6) is -1.09. The number of carboxylic acid groups (broad SMARTS) is 1. The first-order valence-electron chi connectivity index (χ1n) is 5.76. The van der Waals surface area contributed by atoms with Gasteiger partial charge in [-0.2, -0.15) is 0 Å². The summed E-state index contributed by atoms with van der Waals surface area (Å²) in [5.41, 5.74) is 0.581. The zero-order chi connectivity index (χ0) is 14.6. The molecule has 0 aliphatic rings. The molecule has 7 nitrogen and oxygen atoms in total. The van der Waals surface area contributed by atoms with E-state index in [-0.39, 0.29) is 11.4 Å². The van der Waals surface area contributed by atoms with Crippen molar-refractivity contribution in [2.24, 2.45) is 0 Å². The predicted molar refractivity (Wildman–Crippen MR) is 70.3 cm³/mol. The Kier molecular flexibility index (Phi) is 4.16. The van der Waals surface area contributed by atoms with Gasteiger partial charge in [0.2, 0.25) is 0 Å². The lowest BCUT2D eigenvalue weighted by atomic mass is 10.1. The maximum absolute atomic E-state index is 12.1. The first-order chi connectivity index (χ1) is 9.49. The van der Waals surface area contributed by atoms with E-state index >= 15 is 0 Å². The van der Waals surface area contributed by atoms with Crippen LogP contribution >= 0.6 is 0 Å². The minimum absolute atomic E-state index is 0.108. The number of imidazole rings is 1. The Morgan fingerprint density at radius 3 is 2.60 bits per heavy atom. The molecule has 1 aromatic heterocycles. The van der Waals surface area contributed by atoms with Gasteiger partial charge in [0.15, 0.2) is 5.03 Å². The van der Waals surface area contributed by atoms with Gasteiger partial charge in [0.25, 0.3) is 10.0 Å². The summed E-state index contributed by atoms with van der Waals surface area (Å²) in [6.45, 7) is 0. The second-order valence-electron chi connectivity index (χ2n) is 4.10. The molecule has 1 aromatic carbocycles. The van der Waals surface area contributed by atoms with Crippen molar-refractivity contribution in [2.45, 2.75) is 17.5 Å². The van der Waals surface area contributed by atoms with Crippen molar-refractivity contribution < 1.29 is 18.3 Å². The quantitative estimate of drug-likeness (QED) is 0.733. The standard InChI is InChI=1S/C12H13N3O4S/c16-12(17)6-10(9-4-2-1-3-5-9)15-20(18,19)11-7-13-8-14-11/h1-5,7-8,10,15H,6H2,(H,13,14)(H,16,17). The lowest BCUT2D eigenvalue weighted by Crippen LogP contribution is -2.30. The average Bonchev–Trinajstić information content (AvgIpc) is 2.93. The van der Waals surface area contributed by atoms with Gasteiger partial charge in [0.1, 0.15) is 0 Å². The maximum Gasteiger partial charge on any atom is 0.305 e. The van der Waals surface area contributed by atoms with Gasteiger partial charge in [-0.3, -0.25) is 4.79 Å². The summed E-state index contributed by atoms with van der Waals surface area (Å²) >= 11 is 0. The Labute approximate surface area is 115 Å². The van der Waals surface area contributed by atoms with Crippen LogP contribution in [0.3, 0.4) is 0 Å². The molecule has 106 valence electrons. The molecule has 1 heterocycles. The number of rotatable bonds is 6. The Morgan fingerprint density at radius 1 is 1.35 bits per heavy atom. The van der Waals surface area contributed by atoms with Crippen LogP contribution in [-0.4, -0.2) is 29.5 Å². The van der Waals surface area contributed by atoms with Gasteiger partial charge in [0, 0.05) is 0 Å². The van der Waals surface area contributed by atoms with Crippen molar-refractivity contribution in [2.75, 3.05) is 0 Å². The van der Waals surface area contributed by atoms with E-state index in [0.29, 0.717) is 5.56 Å². The molecule has 0 amide bonds. The van der Waals surface area contributed by atoms with E-state index in [1.54, 1.807) is 30.3 Å². The molecule has 0 bridgehead atoms. The van der Waals surface area contributed by atoms with Crippen LogP contribution in [0.5, 0.6) is 0 Å². The predicted octanol–water partition coefficient (Wildman–Crippen LogP) is 0.904. The molecule has 0 spiro atoms. The number of carboxylic acids is 1. The van der Waals surface area contributed by atoms with Crippen LogP contribution in [0.2, 0.25) is 0 Å². The summed E-state index contributed by atoms with van der Waals surface area (Å²) in [7, 11) is -3.84. The molecule has 2 rings (SSSR count). The number of H-pyrrole nitrogens is 1. The van der Waals surface area contributed by atoms with Crippen LogP contribution < -0.4 is 4.72 Å². The van der Waals surface area contributed by atoms with Crippen molar-refractivity contribution in [3.63, 3.8) is 0 Å². The molecular weight excluding hydrogens is 282 g/mol. The topological polar surface area (TPSA) is 112 Å². The molecule has 8 heteroatoms. The van der Waals surface area contributed by atoms with Gasteiger partial charge < -0.3 is 10.1 Å². The third-order valence-electron chi connectivity index (χ3n) is 2.64. The molecular formula is C12H13N3O4S. The smallest absolute Gasteiger partial charge is 0.305 e. The number of aliphatic carboxylic acids is 1. The molecule has 0 radical (unpaired) electrons. The minimum Gasteiger partial charge on any atom is -0.481 e. The Bertz CT molecular complexity index is 668. The molecule has 1 atom stereocenters. The van der Waals surface area contributed by atoms with E-state index in [0.717, 1.165) is 6.20 Å². The molecule has 0 aliphatic carbocycles. The number of nitrogens with zero attached hydrogens (tertiary/aromatic N) is 1. The van der Waals surface area contributed by atoms with Gasteiger partial charge in [-0.1, -0.05) is 30.3 Å². The van der Waals surface area contributed by atoms with E-state index in [1.807, 2.05) is 0 Å². The summed E-state index contributed by atoms with van der Waals surface area (Å²) in [6.07, 6.45) is 2.05. The lowest BCUT2D eigenvalue weighted by molar-refractivity contribution is -0.137. The van der Waals surface area contributed by atoms with E-state index in [9.17, 15) is 13.2 Å². The van der Waals surface area contributed by atoms with Crippen molar-refractivity contribution >= 4 is 16.0 Å². The normalized spacial score (nSPS) is 13.0. The summed E-state index contributed by atoms with van der Waals surface area (Å²) < 4.78 is 26.5. The van der Waals surface area contributed by atoms with E-state index in [1.165, 1.54) is 6.33 Å². The molecule has 3 N–H and O–H groups in total. The van der Waals surface area contributed by atoms with Crippen LogP contribution in [0.4, 0.5) is 0 Å². The summed E-state index contributed by atoms with van der Waals surface area (Å²) in [4.78, 5) is 17.0. The number of carbonyl (C=O) groups is 1. The van der Waals surface area contributed by atoms with Gasteiger partial charge >= 0.3 is 5.97 Å². The first kappa shape index (κ1) is 14.2. The highest BCUT2D eigenvalue weighted by molar-refractivity contribution is 7.89. The summed E-state index contributed by atoms with van der Waals surface area (Å²) in [6, 6.07) is 7.70. The van der Waals surface area contributed by atoms with Gasteiger partial charge in [-0.05, 0) is 5.56 Å². The molecule has 0 saturated carbocycles. The van der Waals surface area contributed by atoms with E-state index in [4.69, 9.17) is 5.11 Å². The summed E-state index contributed by atoms with van der Waals surface area (Å²) in [5, 5.41) is 8.81. The fraction of sp³-hybridized carbons (Fsp3) is 0.167. The van der Waals surface area contributed by atoms with Crippen molar-refractivity contribution in [3.8, 4) is 0 Å². The van der Waals surface area contributed by atoms with Crippen molar-refractivity contribution in [1.82, 2.24) is 14.7 Å². The number of nitrogens with one attached hydrogen (secondary N) is 2. The highest BCUT2D eigenvalue weighted by Gasteiger charge is 2.24. The van der Waals surface area contributed by atoms with Crippen molar-refractivity contribution in [1.29, 1.82) is 0 Å². The number of benzene rings is 1. The maximum atomic E-state index is 12.1. The monoisotopic (exact) mass is 295 g/mol. The number of hydrogen-bond acceptors (Lipinski definition) is 4. The number of hydrogen-bond donors (Lipinski definition) is 3. The Hall–Kier alpha value is -2.19. The first-order valence-corrected chi connectivity index (χ1v) is 7.25. The molecule has 0 fully saturated rings. The highest BCUT2D eigenvalue weighted by atomic mass is 32.2. The Balaban J connectivity index is 2.27. The second kappa shape index (κ2) is 5.85. The third-order valence-corrected chi connectivity index (χ3v) is 4.04. The van der Waals surface area contributed by atoms with Crippen LogP contribution in [-0.2, 0) is 14.8 Å². The second-order valence-corrected chi connectivity index (χ2v) is 5.78. The molecule has 20 heavy (non-hydrogen) atoms. The zero-order valence-electron chi connectivity index (χ0n) is 10.4. The zero-order valence-corrected chi connectivity index (χ0v) is 11.2. The Morgan fingerprint density at radius 2 is 2.05 bits per heavy atom.